The molecule has 0 saturated carbocycles. The maximum Gasteiger partial charge on any atom is 0.225 e. The Labute approximate surface area is 206 Å². The summed E-state index contributed by atoms with van der Waals surface area (Å²) in [5.41, 5.74) is 9.79. The lowest BCUT2D eigenvalue weighted by Gasteiger charge is -2.06. The number of anilines is 1. The molecular formula is C27H23N7O2. The third kappa shape index (κ3) is 4.29. The number of nitrogens with two attached hydrogens (primary N) is 1. The molecule has 0 bridgehead atoms. The molecule has 2 N–H and O–H groups in total. The molecule has 178 valence electrons. The maximum absolute atomic E-state index is 6.18. The summed E-state index contributed by atoms with van der Waals surface area (Å²) in [5, 5.41) is 9.75. The zero-order valence-electron chi connectivity index (χ0n) is 19.4. The minimum atomic E-state index is 0.251. The molecule has 0 saturated heterocycles. The van der Waals surface area contributed by atoms with Crippen LogP contribution in [0.3, 0.4) is 0 Å². The van der Waals surface area contributed by atoms with E-state index >= 15 is 0 Å². The van der Waals surface area contributed by atoms with Crippen molar-refractivity contribution in [3.63, 3.8) is 0 Å². The molecular weight excluding hydrogens is 454 g/mol. The molecule has 0 fully saturated rings. The quantitative estimate of drug-likeness (QED) is 0.307. The van der Waals surface area contributed by atoms with E-state index in [2.05, 4.69) is 32.3 Å². The number of furan rings is 1. The number of rotatable bonds is 8. The van der Waals surface area contributed by atoms with Gasteiger partial charge in [0.15, 0.2) is 17.1 Å². The Kier molecular flexibility index (Phi) is 5.63. The first-order valence-electron chi connectivity index (χ1n) is 11.6. The fourth-order valence-electron chi connectivity index (χ4n) is 4.05. The van der Waals surface area contributed by atoms with Gasteiger partial charge in [-0.25, -0.2) is 9.67 Å². The van der Waals surface area contributed by atoms with E-state index in [-0.39, 0.29) is 5.95 Å². The molecule has 9 nitrogen and oxygen atoms in total. The normalized spacial score (nSPS) is 11.7. The fourth-order valence-corrected chi connectivity index (χ4v) is 4.05. The third-order valence-corrected chi connectivity index (χ3v) is 5.86. The van der Waals surface area contributed by atoms with Gasteiger partial charge >= 0.3 is 0 Å². The van der Waals surface area contributed by atoms with Gasteiger partial charge in [-0.05, 0) is 54.3 Å². The van der Waals surface area contributed by atoms with Crippen molar-refractivity contribution < 1.29 is 9.15 Å². The van der Waals surface area contributed by atoms with Crippen LogP contribution in [0.5, 0.6) is 5.75 Å². The maximum atomic E-state index is 6.18. The van der Waals surface area contributed by atoms with E-state index in [1.807, 2.05) is 53.2 Å². The first-order valence-corrected chi connectivity index (χ1v) is 11.6. The zero-order chi connectivity index (χ0) is 24.3. The van der Waals surface area contributed by atoms with Gasteiger partial charge in [0.25, 0.3) is 0 Å². The molecule has 0 aliphatic heterocycles. The molecule has 0 radical (unpaired) electrons. The largest absolute Gasteiger partial charge is 0.465 e. The topological polar surface area (TPSA) is 109 Å². The van der Waals surface area contributed by atoms with Crippen LogP contribution in [0.4, 0.5) is 5.95 Å². The van der Waals surface area contributed by atoms with Crippen LogP contribution in [0, 0.1) is 0 Å². The summed E-state index contributed by atoms with van der Waals surface area (Å²) in [5.74, 6) is 2.08. The van der Waals surface area contributed by atoms with Gasteiger partial charge in [-0.2, -0.15) is 14.6 Å². The zero-order valence-corrected chi connectivity index (χ0v) is 19.4. The molecule has 0 spiro atoms. The van der Waals surface area contributed by atoms with E-state index in [1.54, 1.807) is 30.9 Å². The lowest BCUT2D eigenvalue weighted by Crippen LogP contribution is -2.06. The predicted octanol–water partition coefficient (Wildman–Crippen LogP) is 5.00. The van der Waals surface area contributed by atoms with Crippen LogP contribution >= 0.6 is 0 Å². The van der Waals surface area contributed by atoms with Crippen molar-refractivity contribution in [2.24, 2.45) is 0 Å². The molecule has 0 aliphatic carbocycles. The average molecular weight is 478 g/mol. The standard InChI is InChI=1S/C27H23N7O2/c28-27-31-25-22(26-30-24(32-34(26)27)23-9-5-16-36-23)18-29-33(25)15-4-8-20-10-12-21(13-11-20)35-17-14-19-6-2-1-3-7-19/h1-3,5-7,9-14,16-18H,4,8,15H2,(H2,28,31)/b17-14+. The first kappa shape index (κ1) is 21.6. The van der Waals surface area contributed by atoms with E-state index in [0.29, 0.717) is 29.4 Å². The Bertz CT molecular complexity index is 1630. The van der Waals surface area contributed by atoms with E-state index < -0.39 is 0 Å². The summed E-state index contributed by atoms with van der Waals surface area (Å²) in [4.78, 5) is 9.13. The molecule has 4 aromatic heterocycles. The van der Waals surface area contributed by atoms with Crippen molar-refractivity contribution in [3.05, 3.63) is 96.6 Å². The smallest absolute Gasteiger partial charge is 0.225 e. The molecule has 36 heavy (non-hydrogen) atoms. The van der Waals surface area contributed by atoms with Gasteiger partial charge in [-0.15, -0.1) is 5.10 Å². The van der Waals surface area contributed by atoms with Crippen molar-refractivity contribution >= 4 is 28.7 Å². The molecule has 0 aliphatic rings. The van der Waals surface area contributed by atoms with Crippen molar-refractivity contribution in [1.29, 1.82) is 0 Å². The van der Waals surface area contributed by atoms with E-state index in [0.717, 1.165) is 29.5 Å². The molecule has 6 aromatic rings. The summed E-state index contributed by atoms with van der Waals surface area (Å²) in [6.45, 7) is 0.698. The van der Waals surface area contributed by atoms with Gasteiger partial charge in [0.2, 0.25) is 11.8 Å². The predicted molar refractivity (Wildman–Crippen MR) is 137 cm³/mol. The first-order chi connectivity index (χ1) is 17.7. The highest BCUT2D eigenvalue weighted by molar-refractivity contribution is 5.90. The molecule has 0 unspecified atom stereocenters. The Hall–Kier alpha value is -4.92. The van der Waals surface area contributed by atoms with Crippen LogP contribution < -0.4 is 10.5 Å². The monoisotopic (exact) mass is 477 g/mol. The number of benzene rings is 2. The van der Waals surface area contributed by atoms with Gasteiger partial charge in [-0.1, -0.05) is 42.5 Å². The van der Waals surface area contributed by atoms with Crippen LogP contribution in [0.2, 0.25) is 0 Å². The minimum absolute atomic E-state index is 0.251. The molecule has 6 rings (SSSR count). The average Bonchev–Trinajstić information content (AvgIpc) is 3.66. The van der Waals surface area contributed by atoms with Gasteiger partial charge in [0, 0.05) is 6.54 Å². The Morgan fingerprint density at radius 2 is 1.81 bits per heavy atom. The van der Waals surface area contributed by atoms with Crippen molar-refractivity contribution in [1.82, 2.24) is 29.4 Å². The summed E-state index contributed by atoms with van der Waals surface area (Å²) in [6.07, 6.45) is 8.77. The molecule has 2 aromatic carbocycles. The van der Waals surface area contributed by atoms with Crippen LogP contribution in [-0.4, -0.2) is 29.4 Å². The lowest BCUT2D eigenvalue weighted by molar-refractivity contribution is 0.485. The van der Waals surface area contributed by atoms with Crippen LogP contribution in [0.25, 0.3) is 34.3 Å². The SMILES string of the molecule is Nc1nc2c(cnn2CCCc2ccc(O/C=C/c3ccccc3)cc2)c2nc(-c3ccco3)nn12. The Morgan fingerprint density at radius 1 is 0.944 bits per heavy atom. The molecule has 9 heteroatoms. The van der Waals surface area contributed by atoms with Gasteiger partial charge in [-0.3, -0.25) is 0 Å². The number of ether oxygens (including phenoxy) is 1. The third-order valence-electron chi connectivity index (χ3n) is 5.86. The van der Waals surface area contributed by atoms with Gasteiger partial charge < -0.3 is 14.9 Å². The van der Waals surface area contributed by atoms with E-state index in [4.69, 9.17) is 14.9 Å². The number of nitrogen functional groups attached to an aromatic ring is 1. The number of aryl methyl sites for hydroxylation is 2. The Morgan fingerprint density at radius 3 is 2.61 bits per heavy atom. The number of aromatic nitrogens is 6. The van der Waals surface area contributed by atoms with Crippen molar-refractivity contribution in [2.75, 3.05) is 5.73 Å². The summed E-state index contributed by atoms with van der Waals surface area (Å²) in [6, 6.07) is 21.8. The van der Waals surface area contributed by atoms with Crippen LogP contribution in [0.15, 0.2) is 89.9 Å². The molecule has 0 atom stereocenters. The Balaban J connectivity index is 1.11. The summed E-state index contributed by atoms with van der Waals surface area (Å²) >= 11 is 0. The number of hydrogen-bond donors (Lipinski definition) is 1. The second kappa shape index (κ2) is 9.38. The highest BCUT2D eigenvalue weighted by Crippen LogP contribution is 2.24. The fraction of sp³-hybridized carbons (Fsp3) is 0.111. The second-order valence-electron chi connectivity index (χ2n) is 8.30. The number of fused-ring (bicyclic) bond motifs is 3. The van der Waals surface area contributed by atoms with Crippen molar-refractivity contribution in [3.8, 4) is 17.3 Å². The summed E-state index contributed by atoms with van der Waals surface area (Å²) < 4.78 is 14.5. The lowest BCUT2D eigenvalue weighted by atomic mass is 10.1. The van der Waals surface area contributed by atoms with Gasteiger partial charge in [0.05, 0.1) is 24.1 Å². The van der Waals surface area contributed by atoms with Crippen LogP contribution in [0.1, 0.15) is 17.5 Å². The van der Waals surface area contributed by atoms with E-state index in [1.165, 1.54) is 10.1 Å². The highest BCUT2D eigenvalue weighted by Gasteiger charge is 2.17. The van der Waals surface area contributed by atoms with E-state index in [9.17, 15) is 0 Å². The second-order valence-corrected chi connectivity index (χ2v) is 8.30. The number of hydrogen-bond acceptors (Lipinski definition) is 7. The number of nitrogens with zero attached hydrogens (tertiary/aromatic N) is 6. The highest BCUT2D eigenvalue weighted by atomic mass is 16.5. The minimum Gasteiger partial charge on any atom is -0.465 e. The molecule has 4 heterocycles. The van der Waals surface area contributed by atoms with Crippen molar-refractivity contribution in [2.45, 2.75) is 19.4 Å². The van der Waals surface area contributed by atoms with Gasteiger partial charge in [0.1, 0.15) is 5.75 Å². The summed E-state index contributed by atoms with van der Waals surface area (Å²) in [7, 11) is 0. The molecule has 0 amide bonds. The van der Waals surface area contributed by atoms with Crippen LogP contribution in [-0.2, 0) is 13.0 Å².